The Morgan fingerprint density at radius 2 is 1.83 bits per heavy atom. The minimum Gasteiger partial charge on any atom is -0.271 e. The molecule has 1 aliphatic heterocycles. The molecule has 0 unspecified atom stereocenters. The van der Waals surface area contributed by atoms with Gasteiger partial charge in [-0.3, -0.25) is 4.57 Å². The summed E-state index contributed by atoms with van der Waals surface area (Å²) in [7, 11) is 0. The number of thiophene rings is 1. The third-order valence-electron chi connectivity index (χ3n) is 4.71. The average molecular weight is 333 g/mol. The van der Waals surface area contributed by atoms with E-state index in [1.807, 2.05) is 46.3 Å². The largest absolute Gasteiger partial charge is 0.351 e. The Bertz CT molecular complexity index is 1090. The van der Waals surface area contributed by atoms with Crippen molar-refractivity contribution in [3.63, 3.8) is 0 Å². The highest BCUT2D eigenvalue weighted by molar-refractivity contribution is 7.17. The van der Waals surface area contributed by atoms with Crippen LogP contribution in [0.15, 0.2) is 64.8 Å². The molecule has 5 rings (SSSR count). The molecular formula is C19H15N3OS. The van der Waals surface area contributed by atoms with Crippen molar-refractivity contribution in [3.05, 3.63) is 81.8 Å². The summed E-state index contributed by atoms with van der Waals surface area (Å²) in [5.74, 6) is 0.879. The molecule has 0 amide bonds. The zero-order valence-electron chi connectivity index (χ0n) is 12.9. The van der Waals surface area contributed by atoms with Crippen LogP contribution in [0.3, 0.4) is 0 Å². The Balaban J connectivity index is 1.68. The molecule has 0 fully saturated rings. The molecule has 2 aromatic heterocycles. The van der Waals surface area contributed by atoms with Crippen LogP contribution in [0.4, 0.5) is 0 Å². The van der Waals surface area contributed by atoms with Crippen molar-refractivity contribution in [2.24, 2.45) is 0 Å². The fraction of sp³-hybridized carbons (Fsp3) is 0.158. The van der Waals surface area contributed by atoms with Crippen LogP contribution in [-0.4, -0.2) is 14.3 Å². The zero-order chi connectivity index (χ0) is 16.1. The minimum absolute atomic E-state index is 0.0418. The second-order valence-electron chi connectivity index (χ2n) is 6.06. The van der Waals surface area contributed by atoms with E-state index in [-0.39, 0.29) is 11.7 Å². The van der Waals surface area contributed by atoms with Gasteiger partial charge in [0.2, 0.25) is 0 Å². The van der Waals surface area contributed by atoms with Gasteiger partial charge in [0, 0.05) is 21.9 Å². The summed E-state index contributed by atoms with van der Waals surface area (Å²) >= 11 is 1.65. The predicted molar refractivity (Wildman–Crippen MR) is 96.1 cm³/mol. The van der Waals surface area contributed by atoms with E-state index in [0.717, 1.165) is 29.7 Å². The van der Waals surface area contributed by atoms with E-state index in [1.165, 1.54) is 10.3 Å². The van der Waals surface area contributed by atoms with E-state index >= 15 is 0 Å². The van der Waals surface area contributed by atoms with E-state index in [2.05, 4.69) is 23.3 Å². The fourth-order valence-electron chi connectivity index (χ4n) is 3.57. The first-order valence-electron chi connectivity index (χ1n) is 8.05. The van der Waals surface area contributed by atoms with E-state index < -0.39 is 0 Å². The van der Waals surface area contributed by atoms with E-state index in [4.69, 9.17) is 0 Å². The van der Waals surface area contributed by atoms with E-state index in [9.17, 15) is 4.79 Å². The van der Waals surface area contributed by atoms with Crippen molar-refractivity contribution in [1.82, 2.24) is 14.3 Å². The van der Waals surface area contributed by atoms with E-state index in [1.54, 1.807) is 16.0 Å². The van der Waals surface area contributed by atoms with Gasteiger partial charge in [0.05, 0.1) is 11.7 Å². The summed E-state index contributed by atoms with van der Waals surface area (Å²) in [6, 6.07) is 18.5. The van der Waals surface area contributed by atoms with Crippen LogP contribution in [-0.2, 0) is 6.42 Å². The highest BCUT2D eigenvalue weighted by atomic mass is 32.1. The minimum atomic E-state index is -0.0418. The molecule has 0 saturated carbocycles. The molecule has 0 spiro atoms. The van der Waals surface area contributed by atoms with Crippen molar-refractivity contribution in [2.45, 2.75) is 18.9 Å². The van der Waals surface area contributed by atoms with E-state index in [0.29, 0.717) is 0 Å². The zero-order valence-corrected chi connectivity index (χ0v) is 13.7. The number of benzene rings is 2. The van der Waals surface area contributed by atoms with Gasteiger partial charge < -0.3 is 0 Å². The molecule has 1 atom stereocenters. The first kappa shape index (κ1) is 13.7. The summed E-state index contributed by atoms with van der Waals surface area (Å²) in [5, 5.41) is 7.73. The number of hydrogen-bond acceptors (Lipinski definition) is 3. The lowest BCUT2D eigenvalue weighted by Gasteiger charge is -2.11. The lowest BCUT2D eigenvalue weighted by Crippen LogP contribution is -2.26. The van der Waals surface area contributed by atoms with Crippen LogP contribution in [0.1, 0.15) is 23.9 Å². The summed E-state index contributed by atoms with van der Waals surface area (Å²) in [5.41, 5.74) is 2.02. The molecule has 5 heteroatoms. The van der Waals surface area contributed by atoms with Gasteiger partial charge in [0.15, 0.2) is 0 Å². The maximum Gasteiger partial charge on any atom is 0.351 e. The quantitative estimate of drug-likeness (QED) is 0.560. The molecule has 0 radical (unpaired) electrons. The van der Waals surface area contributed by atoms with Crippen molar-refractivity contribution >= 4 is 21.4 Å². The number of fused-ring (bicyclic) bond motifs is 2. The van der Waals surface area contributed by atoms with Crippen molar-refractivity contribution < 1.29 is 0 Å². The van der Waals surface area contributed by atoms with Crippen LogP contribution >= 0.6 is 11.3 Å². The molecular weight excluding hydrogens is 318 g/mol. The van der Waals surface area contributed by atoms with Crippen LogP contribution in [0, 0.1) is 0 Å². The molecule has 3 heterocycles. The molecule has 1 aliphatic rings. The van der Waals surface area contributed by atoms with Gasteiger partial charge in [-0.2, -0.15) is 4.68 Å². The number of aromatic nitrogens is 3. The molecule has 0 bridgehead atoms. The molecule has 4 aromatic rings. The Morgan fingerprint density at radius 3 is 2.71 bits per heavy atom. The third-order valence-corrected chi connectivity index (χ3v) is 5.66. The molecule has 0 saturated heterocycles. The second-order valence-corrected chi connectivity index (χ2v) is 6.97. The summed E-state index contributed by atoms with van der Waals surface area (Å²) in [4.78, 5) is 13.1. The third kappa shape index (κ3) is 1.91. The number of nitrogens with zero attached hydrogens (tertiary/aromatic N) is 3. The Labute approximate surface area is 142 Å². The maximum absolute atomic E-state index is 13.1. The lowest BCUT2D eigenvalue weighted by molar-refractivity contribution is 0.588. The van der Waals surface area contributed by atoms with Crippen molar-refractivity contribution in [1.29, 1.82) is 0 Å². The normalized spacial score (nSPS) is 16.6. The van der Waals surface area contributed by atoms with Gasteiger partial charge in [0.25, 0.3) is 0 Å². The molecule has 24 heavy (non-hydrogen) atoms. The second kappa shape index (κ2) is 5.18. The van der Waals surface area contributed by atoms with Gasteiger partial charge in [-0.05, 0) is 18.1 Å². The number of rotatable bonds is 2. The molecule has 118 valence electrons. The average Bonchev–Trinajstić information content (AvgIpc) is 3.30. The summed E-state index contributed by atoms with van der Waals surface area (Å²) in [6.45, 7) is 0. The fourth-order valence-corrected chi connectivity index (χ4v) is 4.50. The lowest BCUT2D eigenvalue weighted by atomic mass is 10.1. The van der Waals surface area contributed by atoms with Crippen LogP contribution in [0.25, 0.3) is 15.8 Å². The Kier molecular flexibility index (Phi) is 2.97. The smallest absolute Gasteiger partial charge is 0.271 e. The first-order valence-corrected chi connectivity index (χ1v) is 8.93. The first-order chi connectivity index (χ1) is 11.8. The Hall–Kier alpha value is -2.66. The maximum atomic E-state index is 13.1. The van der Waals surface area contributed by atoms with Gasteiger partial charge in [-0.15, -0.1) is 16.4 Å². The molecule has 2 aromatic carbocycles. The Morgan fingerprint density at radius 1 is 1.04 bits per heavy atom. The molecule has 4 nitrogen and oxygen atoms in total. The SMILES string of the molecule is O=c1n(-c2csc3ccccc23)nc2n1[C@H](c1ccccc1)CC2. The number of hydrogen-bond donors (Lipinski definition) is 0. The highest BCUT2D eigenvalue weighted by Gasteiger charge is 2.29. The van der Waals surface area contributed by atoms with Gasteiger partial charge in [0.1, 0.15) is 5.82 Å². The monoisotopic (exact) mass is 333 g/mol. The summed E-state index contributed by atoms with van der Waals surface area (Å²) < 4.78 is 4.61. The topological polar surface area (TPSA) is 39.8 Å². The molecule has 0 N–H and O–H groups in total. The van der Waals surface area contributed by atoms with Crippen molar-refractivity contribution in [2.75, 3.05) is 0 Å². The number of aryl methyl sites for hydroxylation is 1. The van der Waals surface area contributed by atoms with Crippen LogP contribution in [0.5, 0.6) is 0 Å². The highest BCUT2D eigenvalue weighted by Crippen LogP contribution is 2.31. The standard InChI is InChI=1S/C19H15N3OS/c23-19-21-15(13-6-2-1-3-7-13)10-11-18(21)20-22(19)16-12-24-17-9-5-4-8-14(16)17/h1-9,12,15H,10-11H2/t15-/m0/s1. The molecule has 0 aliphatic carbocycles. The predicted octanol–water partition coefficient (Wildman–Crippen LogP) is 3.78. The van der Waals surface area contributed by atoms with Gasteiger partial charge in [-0.1, -0.05) is 48.5 Å². The van der Waals surface area contributed by atoms with Gasteiger partial charge in [-0.25, -0.2) is 4.79 Å². The van der Waals surface area contributed by atoms with Crippen molar-refractivity contribution in [3.8, 4) is 5.69 Å². The van der Waals surface area contributed by atoms with Crippen LogP contribution < -0.4 is 5.69 Å². The van der Waals surface area contributed by atoms with Crippen LogP contribution in [0.2, 0.25) is 0 Å². The van der Waals surface area contributed by atoms with Gasteiger partial charge >= 0.3 is 5.69 Å². The summed E-state index contributed by atoms with van der Waals surface area (Å²) in [6.07, 6.45) is 1.77.